The van der Waals surface area contributed by atoms with Crippen LogP contribution in [0.2, 0.25) is 0 Å². The summed E-state index contributed by atoms with van der Waals surface area (Å²) in [6, 6.07) is 12.6. The molecule has 0 saturated carbocycles. The summed E-state index contributed by atoms with van der Waals surface area (Å²) in [5.41, 5.74) is 5.73. The molecule has 0 bridgehead atoms. The van der Waals surface area contributed by atoms with Gasteiger partial charge in [-0.25, -0.2) is 0 Å². The van der Waals surface area contributed by atoms with Gasteiger partial charge < -0.3 is 10.6 Å². The number of nitro benzene ring substituents is 1. The van der Waals surface area contributed by atoms with Crippen molar-refractivity contribution in [2.24, 2.45) is 5.73 Å². The zero-order valence-electron chi connectivity index (χ0n) is 12.4. The highest BCUT2D eigenvalue weighted by Crippen LogP contribution is 2.29. The SMILES string of the molecule is CN(CC(N)=O)c1ccc(C(=O)c2ccccc2)cc1[N+](=O)[O-]. The van der Waals surface area contributed by atoms with Crippen LogP contribution >= 0.6 is 0 Å². The summed E-state index contributed by atoms with van der Waals surface area (Å²) in [4.78, 5) is 35.4. The maximum Gasteiger partial charge on any atom is 0.293 e. The molecule has 0 saturated heterocycles. The first-order valence-corrected chi connectivity index (χ1v) is 6.77. The molecule has 0 spiro atoms. The summed E-state index contributed by atoms with van der Waals surface area (Å²) in [6.07, 6.45) is 0. The topological polar surface area (TPSA) is 107 Å². The molecule has 2 aromatic carbocycles. The summed E-state index contributed by atoms with van der Waals surface area (Å²) < 4.78 is 0. The van der Waals surface area contributed by atoms with Gasteiger partial charge in [0.25, 0.3) is 5.69 Å². The Labute approximate surface area is 132 Å². The lowest BCUT2D eigenvalue weighted by Crippen LogP contribution is -2.30. The molecule has 0 radical (unpaired) electrons. The van der Waals surface area contributed by atoms with E-state index in [1.807, 2.05) is 0 Å². The summed E-state index contributed by atoms with van der Waals surface area (Å²) in [5.74, 6) is -0.913. The molecule has 2 aromatic rings. The number of likely N-dealkylation sites (N-methyl/N-ethyl adjacent to an activating group) is 1. The number of benzene rings is 2. The minimum Gasteiger partial charge on any atom is -0.368 e. The molecule has 0 atom stereocenters. The van der Waals surface area contributed by atoms with Gasteiger partial charge in [-0.3, -0.25) is 19.7 Å². The van der Waals surface area contributed by atoms with Crippen molar-refractivity contribution in [1.29, 1.82) is 0 Å². The first-order chi connectivity index (χ1) is 10.9. The number of hydrogen-bond acceptors (Lipinski definition) is 5. The number of carbonyl (C=O) groups excluding carboxylic acids is 2. The molecule has 0 aromatic heterocycles. The summed E-state index contributed by atoms with van der Waals surface area (Å²) >= 11 is 0. The first-order valence-electron chi connectivity index (χ1n) is 6.77. The summed E-state index contributed by atoms with van der Waals surface area (Å²) in [5, 5.41) is 11.3. The number of amides is 1. The Morgan fingerprint density at radius 1 is 1.13 bits per heavy atom. The molecule has 7 nitrogen and oxygen atoms in total. The highest BCUT2D eigenvalue weighted by Gasteiger charge is 2.21. The van der Waals surface area contributed by atoms with Crippen molar-refractivity contribution in [1.82, 2.24) is 0 Å². The number of nitro groups is 1. The quantitative estimate of drug-likeness (QED) is 0.496. The number of hydrogen-bond donors (Lipinski definition) is 1. The molecule has 0 heterocycles. The van der Waals surface area contributed by atoms with Gasteiger partial charge in [0.05, 0.1) is 11.5 Å². The fraction of sp³-hybridized carbons (Fsp3) is 0.125. The molecule has 2 rings (SSSR count). The van der Waals surface area contributed by atoms with E-state index in [0.717, 1.165) is 0 Å². The molecule has 7 heteroatoms. The van der Waals surface area contributed by atoms with E-state index >= 15 is 0 Å². The van der Waals surface area contributed by atoms with Gasteiger partial charge in [0.2, 0.25) is 5.91 Å². The average molecular weight is 313 g/mol. The first kappa shape index (κ1) is 16.2. The van der Waals surface area contributed by atoms with E-state index < -0.39 is 10.8 Å². The van der Waals surface area contributed by atoms with Gasteiger partial charge in [0.1, 0.15) is 5.69 Å². The second-order valence-electron chi connectivity index (χ2n) is 4.98. The van der Waals surface area contributed by atoms with Crippen molar-refractivity contribution >= 4 is 23.1 Å². The lowest BCUT2D eigenvalue weighted by molar-refractivity contribution is -0.384. The van der Waals surface area contributed by atoms with Crippen LogP contribution in [0.25, 0.3) is 0 Å². The predicted molar refractivity (Wildman–Crippen MR) is 85.4 cm³/mol. The van der Waals surface area contributed by atoms with Gasteiger partial charge in [0, 0.05) is 24.2 Å². The fourth-order valence-corrected chi connectivity index (χ4v) is 2.21. The highest BCUT2D eigenvalue weighted by molar-refractivity contribution is 6.09. The van der Waals surface area contributed by atoms with Gasteiger partial charge in [-0.1, -0.05) is 30.3 Å². The van der Waals surface area contributed by atoms with Crippen molar-refractivity contribution in [3.05, 3.63) is 69.8 Å². The molecule has 118 valence electrons. The van der Waals surface area contributed by atoms with E-state index in [9.17, 15) is 19.7 Å². The lowest BCUT2D eigenvalue weighted by Gasteiger charge is -2.17. The Kier molecular flexibility index (Phi) is 4.70. The number of primary amides is 1. The molecule has 0 aliphatic heterocycles. The van der Waals surface area contributed by atoms with Gasteiger partial charge in [-0.05, 0) is 12.1 Å². The summed E-state index contributed by atoms with van der Waals surface area (Å²) in [7, 11) is 1.52. The van der Waals surface area contributed by atoms with Crippen LogP contribution in [0.15, 0.2) is 48.5 Å². The summed E-state index contributed by atoms with van der Waals surface area (Å²) in [6.45, 7) is -0.160. The fourth-order valence-electron chi connectivity index (χ4n) is 2.21. The maximum absolute atomic E-state index is 12.4. The third kappa shape index (κ3) is 3.70. The third-order valence-corrected chi connectivity index (χ3v) is 3.27. The van der Waals surface area contributed by atoms with E-state index in [0.29, 0.717) is 5.56 Å². The Hall–Kier alpha value is -3.22. The van der Waals surface area contributed by atoms with Crippen LogP contribution in [0, 0.1) is 10.1 Å². The van der Waals surface area contributed by atoms with E-state index in [1.54, 1.807) is 30.3 Å². The number of rotatable bonds is 6. The van der Waals surface area contributed by atoms with Crippen LogP contribution < -0.4 is 10.6 Å². The van der Waals surface area contributed by atoms with Gasteiger partial charge in [0.15, 0.2) is 5.78 Å². The van der Waals surface area contributed by atoms with Crippen molar-refractivity contribution in [2.45, 2.75) is 0 Å². The standard InChI is InChI=1S/C16H15N3O4/c1-18(10-15(17)20)13-8-7-12(9-14(13)19(22)23)16(21)11-5-3-2-4-6-11/h2-9H,10H2,1H3,(H2,17,20). The van der Waals surface area contributed by atoms with Crippen molar-refractivity contribution in [3.8, 4) is 0 Å². The number of carbonyl (C=O) groups is 2. The van der Waals surface area contributed by atoms with Crippen molar-refractivity contribution < 1.29 is 14.5 Å². The Morgan fingerprint density at radius 3 is 2.35 bits per heavy atom. The van der Waals surface area contributed by atoms with Gasteiger partial charge in [-0.15, -0.1) is 0 Å². The van der Waals surface area contributed by atoms with Gasteiger partial charge in [-0.2, -0.15) is 0 Å². The van der Waals surface area contributed by atoms with Crippen LogP contribution in [0.4, 0.5) is 11.4 Å². The minimum atomic E-state index is -0.605. The largest absolute Gasteiger partial charge is 0.368 e. The minimum absolute atomic E-state index is 0.160. The van der Waals surface area contributed by atoms with Crippen LogP contribution in [0.3, 0.4) is 0 Å². The lowest BCUT2D eigenvalue weighted by atomic mass is 10.0. The number of anilines is 1. The molecular weight excluding hydrogens is 298 g/mol. The molecule has 0 aliphatic rings. The molecule has 0 aliphatic carbocycles. The monoisotopic (exact) mass is 313 g/mol. The highest BCUT2D eigenvalue weighted by atomic mass is 16.6. The smallest absolute Gasteiger partial charge is 0.293 e. The van der Waals surface area contributed by atoms with Gasteiger partial charge >= 0.3 is 0 Å². The Bertz CT molecular complexity index is 759. The molecule has 23 heavy (non-hydrogen) atoms. The molecule has 0 unspecified atom stereocenters. The van der Waals surface area contributed by atoms with Crippen LogP contribution in [-0.4, -0.2) is 30.2 Å². The van der Waals surface area contributed by atoms with E-state index in [4.69, 9.17) is 5.73 Å². The Morgan fingerprint density at radius 2 is 1.78 bits per heavy atom. The zero-order chi connectivity index (χ0) is 17.0. The second kappa shape index (κ2) is 6.69. The van der Waals surface area contributed by atoms with Crippen LogP contribution in [-0.2, 0) is 4.79 Å². The molecule has 1 amide bonds. The number of nitrogens with two attached hydrogens (primary N) is 1. The number of ketones is 1. The molecule has 0 fully saturated rings. The second-order valence-corrected chi connectivity index (χ2v) is 4.98. The maximum atomic E-state index is 12.4. The van der Waals surface area contributed by atoms with Crippen molar-refractivity contribution in [3.63, 3.8) is 0 Å². The predicted octanol–water partition coefficient (Wildman–Crippen LogP) is 1.75. The van der Waals surface area contributed by atoms with E-state index in [1.165, 1.54) is 30.1 Å². The van der Waals surface area contributed by atoms with E-state index in [2.05, 4.69) is 0 Å². The van der Waals surface area contributed by atoms with Crippen LogP contribution in [0.1, 0.15) is 15.9 Å². The Balaban J connectivity index is 2.42. The molecular formula is C16H15N3O4. The number of nitrogens with zero attached hydrogens (tertiary/aromatic N) is 2. The average Bonchev–Trinajstić information content (AvgIpc) is 2.53. The third-order valence-electron chi connectivity index (χ3n) is 3.27. The zero-order valence-corrected chi connectivity index (χ0v) is 12.4. The van der Waals surface area contributed by atoms with Crippen LogP contribution in [0.5, 0.6) is 0 Å². The van der Waals surface area contributed by atoms with E-state index in [-0.39, 0.29) is 29.3 Å². The normalized spacial score (nSPS) is 10.1. The van der Waals surface area contributed by atoms with Crippen molar-refractivity contribution in [2.75, 3.05) is 18.5 Å². The molecule has 2 N–H and O–H groups in total.